The third-order valence-corrected chi connectivity index (χ3v) is 8.36. The van der Waals surface area contributed by atoms with Crippen LogP contribution in [-0.4, -0.2) is 47.1 Å². The summed E-state index contributed by atoms with van der Waals surface area (Å²) in [5, 5.41) is 21.0. The Kier molecular flexibility index (Phi) is 6.44. The predicted molar refractivity (Wildman–Crippen MR) is 125 cm³/mol. The van der Waals surface area contributed by atoms with Gasteiger partial charge in [0.25, 0.3) is 5.91 Å². The fourth-order valence-corrected chi connectivity index (χ4v) is 6.28. The van der Waals surface area contributed by atoms with Gasteiger partial charge in [-0.05, 0) is 29.5 Å². The van der Waals surface area contributed by atoms with Crippen LogP contribution >= 0.6 is 23.1 Å². The first-order valence-electron chi connectivity index (χ1n) is 10.9. The average Bonchev–Trinajstić information content (AvgIpc) is 3.19. The third-order valence-electron chi connectivity index (χ3n) is 6.15. The maximum atomic E-state index is 14.5. The number of fused-ring (bicyclic) bond motifs is 1. The van der Waals surface area contributed by atoms with Gasteiger partial charge in [-0.3, -0.25) is 15.0 Å². The SMILES string of the molecule is CCc1sc2c(c1CC1OC1NC1NC(c3ccc(F)c(C(F)(F)F)c3F)=CS1)C(=O)N(C)C(O)N2. The summed E-state index contributed by atoms with van der Waals surface area (Å²) in [5.74, 6) is -3.63. The molecule has 5 rings (SSSR count). The first kappa shape index (κ1) is 25.3. The monoisotopic (exact) mass is 548 g/mol. The van der Waals surface area contributed by atoms with Crippen molar-refractivity contribution in [1.82, 2.24) is 15.5 Å². The van der Waals surface area contributed by atoms with Gasteiger partial charge in [0, 0.05) is 23.9 Å². The van der Waals surface area contributed by atoms with E-state index in [0.717, 1.165) is 16.5 Å². The largest absolute Gasteiger partial charge is 0.422 e. The average molecular weight is 549 g/mol. The number of thioether (sulfide) groups is 1. The number of nitrogens with zero attached hydrogens (tertiary/aromatic N) is 1. The summed E-state index contributed by atoms with van der Waals surface area (Å²) in [4.78, 5) is 15.0. The molecule has 1 fully saturated rings. The molecular formula is C22H21F5N4O3S2. The Balaban J connectivity index is 1.24. The molecule has 194 valence electrons. The molecular weight excluding hydrogens is 527 g/mol. The van der Waals surface area contributed by atoms with Gasteiger partial charge in [0.2, 0.25) is 6.35 Å². The summed E-state index contributed by atoms with van der Waals surface area (Å²) >= 11 is 2.60. The number of benzene rings is 1. The van der Waals surface area contributed by atoms with E-state index in [2.05, 4.69) is 16.0 Å². The third kappa shape index (κ3) is 4.45. The maximum absolute atomic E-state index is 14.5. The van der Waals surface area contributed by atoms with E-state index in [1.807, 2.05) is 6.92 Å². The van der Waals surface area contributed by atoms with Crippen LogP contribution in [0.15, 0.2) is 17.5 Å². The Morgan fingerprint density at radius 2 is 2.00 bits per heavy atom. The fraction of sp³-hybridized carbons (Fsp3) is 0.409. The van der Waals surface area contributed by atoms with Crippen molar-refractivity contribution in [3.63, 3.8) is 0 Å². The predicted octanol–water partition coefficient (Wildman–Crippen LogP) is 3.86. The van der Waals surface area contributed by atoms with Crippen LogP contribution in [0, 0.1) is 11.6 Å². The molecule has 4 unspecified atom stereocenters. The maximum Gasteiger partial charge on any atom is 0.422 e. The highest BCUT2D eigenvalue weighted by Gasteiger charge is 2.44. The van der Waals surface area contributed by atoms with Crippen LogP contribution in [0.25, 0.3) is 5.70 Å². The normalized spacial score (nSPS) is 25.4. The summed E-state index contributed by atoms with van der Waals surface area (Å²) in [6.45, 7) is 1.97. The van der Waals surface area contributed by atoms with Crippen LogP contribution in [0.4, 0.5) is 27.0 Å². The molecule has 4 atom stereocenters. The van der Waals surface area contributed by atoms with Gasteiger partial charge in [0.15, 0.2) is 0 Å². The van der Waals surface area contributed by atoms with E-state index in [4.69, 9.17) is 4.74 Å². The number of halogens is 5. The zero-order valence-corrected chi connectivity index (χ0v) is 20.5. The number of carbonyl (C=O) groups excluding carboxylic acids is 1. The molecule has 14 heteroatoms. The quantitative estimate of drug-likeness (QED) is 0.322. The highest BCUT2D eigenvalue weighted by Crippen LogP contribution is 2.41. The number of rotatable bonds is 6. The van der Waals surface area contributed by atoms with Gasteiger partial charge in [-0.2, -0.15) is 13.2 Å². The van der Waals surface area contributed by atoms with Crippen LogP contribution in [0.2, 0.25) is 0 Å². The molecule has 4 heterocycles. The highest BCUT2D eigenvalue weighted by atomic mass is 32.2. The van der Waals surface area contributed by atoms with Crippen molar-refractivity contribution < 1.29 is 36.6 Å². The number of epoxide rings is 1. The van der Waals surface area contributed by atoms with Crippen LogP contribution in [0.3, 0.4) is 0 Å². The van der Waals surface area contributed by atoms with Crippen molar-refractivity contribution in [3.05, 3.63) is 56.3 Å². The summed E-state index contributed by atoms with van der Waals surface area (Å²) in [7, 11) is 1.50. The number of aliphatic hydroxyl groups is 1. The first-order valence-corrected chi connectivity index (χ1v) is 12.7. The summed E-state index contributed by atoms with van der Waals surface area (Å²) < 4.78 is 73.0. The molecule has 0 saturated carbocycles. The van der Waals surface area contributed by atoms with Crippen molar-refractivity contribution >= 4 is 39.7 Å². The standard InChI is InChI=1S/C22H21F5N4O3S2/c1-3-13-9(14-18(36-13)30-21(33)31(2)19(14)32)6-12-17(34-12)29-20-28-11(7-35-20)8-4-5-10(23)15(16(8)24)22(25,26)27/h4-5,7,12,17,20-21,28-30,33H,3,6H2,1-2H3. The lowest BCUT2D eigenvalue weighted by Gasteiger charge is -2.30. The van der Waals surface area contributed by atoms with E-state index in [1.54, 1.807) is 0 Å². The topological polar surface area (TPSA) is 89.2 Å². The Morgan fingerprint density at radius 1 is 1.25 bits per heavy atom. The number of aryl methyl sites for hydroxylation is 1. The van der Waals surface area contributed by atoms with Crippen LogP contribution in [0.1, 0.15) is 38.8 Å². The Labute approximate surface area is 210 Å². The molecule has 4 N–H and O–H groups in total. The van der Waals surface area contributed by atoms with E-state index in [-0.39, 0.29) is 23.3 Å². The second-order valence-electron chi connectivity index (χ2n) is 8.44. The number of nitrogens with one attached hydrogen (secondary N) is 3. The molecule has 0 radical (unpaired) electrons. The van der Waals surface area contributed by atoms with E-state index in [0.29, 0.717) is 29.5 Å². The second kappa shape index (κ2) is 9.17. The van der Waals surface area contributed by atoms with Gasteiger partial charge in [-0.1, -0.05) is 18.7 Å². The molecule has 3 aliphatic rings. The van der Waals surface area contributed by atoms with E-state index >= 15 is 0 Å². The number of anilines is 1. The van der Waals surface area contributed by atoms with E-state index < -0.39 is 41.5 Å². The molecule has 1 aromatic heterocycles. The minimum absolute atomic E-state index is 0.0936. The van der Waals surface area contributed by atoms with Crippen molar-refractivity contribution in [2.45, 2.75) is 50.1 Å². The highest BCUT2D eigenvalue weighted by molar-refractivity contribution is 8.03. The number of alkyl halides is 3. The minimum atomic E-state index is -5.16. The number of hydrogen-bond donors (Lipinski definition) is 4. The fourth-order valence-electron chi connectivity index (χ4n) is 4.23. The van der Waals surface area contributed by atoms with Crippen LogP contribution in [-0.2, 0) is 23.8 Å². The molecule has 2 aromatic rings. The molecule has 0 bridgehead atoms. The summed E-state index contributed by atoms with van der Waals surface area (Å²) in [5.41, 5.74) is -1.37. The Hall–Kier alpha value is -2.39. The number of amides is 1. The Bertz CT molecular complexity index is 1250. The first-order chi connectivity index (χ1) is 17.0. The van der Waals surface area contributed by atoms with E-state index in [9.17, 15) is 31.9 Å². The smallest absolute Gasteiger partial charge is 0.360 e. The molecule has 1 aromatic carbocycles. The Morgan fingerprint density at radius 3 is 2.69 bits per heavy atom. The minimum Gasteiger partial charge on any atom is -0.360 e. The van der Waals surface area contributed by atoms with Gasteiger partial charge in [-0.15, -0.1) is 11.3 Å². The van der Waals surface area contributed by atoms with Gasteiger partial charge in [0.1, 0.15) is 40.0 Å². The molecule has 0 spiro atoms. The van der Waals surface area contributed by atoms with E-state index in [1.165, 1.54) is 40.5 Å². The number of ether oxygens (including phenoxy) is 1. The van der Waals surface area contributed by atoms with Crippen molar-refractivity contribution in [2.24, 2.45) is 0 Å². The van der Waals surface area contributed by atoms with Gasteiger partial charge in [0.05, 0.1) is 11.3 Å². The molecule has 36 heavy (non-hydrogen) atoms. The van der Waals surface area contributed by atoms with Crippen molar-refractivity contribution in [1.29, 1.82) is 0 Å². The lowest BCUT2D eigenvalue weighted by Crippen LogP contribution is -2.46. The lowest BCUT2D eigenvalue weighted by atomic mass is 10.0. The number of thiophene rings is 1. The van der Waals surface area contributed by atoms with Crippen molar-refractivity contribution in [3.8, 4) is 0 Å². The molecule has 3 aliphatic heterocycles. The number of aliphatic hydroxyl groups excluding tert-OH is 1. The summed E-state index contributed by atoms with van der Waals surface area (Å²) in [6, 6.07) is 1.55. The summed E-state index contributed by atoms with van der Waals surface area (Å²) in [6.07, 6.45) is -5.78. The van der Waals surface area contributed by atoms with Gasteiger partial charge in [-0.25, -0.2) is 8.78 Å². The molecule has 1 saturated heterocycles. The molecule has 7 nitrogen and oxygen atoms in total. The zero-order valence-electron chi connectivity index (χ0n) is 18.9. The lowest BCUT2D eigenvalue weighted by molar-refractivity contribution is -0.142. The van der Waals surface area contributed by atoms with Gasteiger partial charge < -0.3 is 20.5 Å². The second-order valence-corrected chi connectivity index (χ2v) is 10.5. The molecule has 0 aliphatic carbocycles. The van der Waals surface area contributed by atoms with Gasteiger partial charge >= 0.3 is 6.18 Å². The van der Waals surface area contributed by atoms with Crippen LogP contribution in [0.5, 0.6) is 0 Å². The van der Waals surface area contributed by atoms with Crippen LogP contribution < -0.4 is 16.0 Å². The molecule has 1 amide bonds. The number of hydrogen-bond acceptors (Lipinski definition) is 8. The number of carbonyl (C=O) groups is 1. The van der Waals surface area contributed by atoms with Crippen molar-refractivity contribution in [2.75, 3.05) is 12.4 Å². The zero-order chi connectivity index (χ0) is 25.9.